The number of carbonyl (C=O) groups is 1. The van der Waals surface area contributed by atoms with E-state index < -0.39 is 0 Å². The summed E-state index contributed by atoms with van der Waals surface area (Å²) in [5, 5.41) is 11.8. The number of carbonyl (C=O) groups excluding carboxylic acids is 1. The number of unbranched alkanes of at least 4 members (excludes halogenated alkanes) is 1. The first kappa shape index (κ1) is 22.8. The molecule has 0 spiro atoms. The van der Waals surface area contributed by atoms with Crippen LogP contribution in [0.4, 0.5) is 0 Å². The highest BCUT2D eigenvalue weighted by Gasteiger charge is 2.28. The average molecular weight is 387 g/mol. The summed E-state index contributed by atoms with van der Waals surface area (Å²) in [5.41, 5.74) is 12.6. The number of nitrogens with zero attached hydrogens (tertiary/aromatic N) is 4. The monoisotopic (exact) mass is 386 g/mol. The van der Waals surface area contributed by atoms with Crippen LogP contribution < -0.4 is 29.2 Å². The summed E-state index contributed by atoms with van der Waals surface area (Å²) < 4.78 is 1.71. The molecule has 3 unspecified atom stereocenters. The molecule has 1 aromatic heterocycles. The van der Waals surface area contributed by atoms with Crippen molar-refractivity contribution in [3.8, 4) is 0 Å². The smallest absolute Gasteiger partial charge is 0.247 e. The van der Waals surface area contributed by atoms with Crippen LogP contribution in [0.5, 0.6) is 0 Å². The van der Waals surface area contributed by atoms with Crippen molar-refractivity contribution < 1.29 is 17.2 Å². The Morgan fingerprint density at radius 3 is 2.65 bits per heavy atom. The van der Waals surface area contributed by atoms with Crippen LogP contribution in [0.2, 0.25) is 0 Å². The Morgan fingerprint density at radius 1 is 1.35 bits per heavy atom. The number of hydrogen-bond donors (Lipinski definition) is 3. The topological polar surface area (TPSA) is 115 Å². The van der Waals surface area contributed by atoms with Gasteiger partial charge in [0.05, 0.1) is 17.9 Å². The number of hydrogen-bond acceptors (Lipinski definition) is 6. The van der Waals surface area contributed by atoms with Gasteiger partial charge in [-0.2, -0.15) is 0 Å². The van der Waals surface area contributed by atoms with E-state index in [1.54, 1.807) is 4.68 Å². The first-order valence-corrected chi connectivity index (χ1v) is 9.45. The third-order valence-corrected chi connectivity index (χ3v) is 5.09. The zero-order chi connectivity index (χ0) is 18.2. The van der Waals surface area contributed by atoms with Crippen molar-refractivity contribution in [2.45, 2.75) is 51.6 Å². The van der Waals surface area contributed by atoms with Crippen molar-refractivity contribution in [1.82, 2.24) is 25.2 Å². The molecule has 0 bridgehead atoms. The van der Waals surface area contributed by atoms with Gasteiger partial charge in [-0.25, -0.2) is 4.68 Å². The third-order valence-electron chi connectivity index (χ3n) is 5.09. The van der Waals surface area contributed by atoms with E-state index in [9.17, 15) is 4.79 Å². The number of rotatable bonds is 9. The molecule has 8 nitrogen and oxygen atoms in total. The van der Waals surface area contributed by atoms with Crippen LogP contribution in [-0.4, -0.2) is 58.5 Å². The molecule has 9 heteroatoms. The molecule has 0 aromatic carbocycles. The lowest BCUT2D eigenvalue weighted by Gasteiger charge is -2.30. The van der Waals surface area contributed by atoms with Gasteiger partial charge >= 0.3 is 0 Å². The molecular weight excluding hydrogens is 354 g/mol. The van der Waals surface area contributed by atoms with Crippen molar-refractivity contribution >= 4 is 5.91 Å². The van der Waals surface area contributed by atoms with Gasteiger partial charge in [0, 0.05) is 26.2 Å². The van der Waals surface area contributed by atoms with Crippen LogP contribution in [0.25, 0.3) is 0 Å². The van der Waals surface area contributed by atoms with Crippen LogP contribution in [0, 0.1) is 5.92 Å². The Hall–Kier alpha value is -1.22. The molecule has 2 heterocycles. The molecule has 0 aliphatic carbocycles. The maximum Gasteiger partial charge on any atom is 0.247 e. The Balaban J connectivity index is 0.00000338. The van der Waals surface area contributed by atoms with Crippen molar-refractivity contribution in [3.63, 3.8) is 0 Å². The molecular formula is C17H33ClN7O-. The number of aromatic nitrogens is 3. The van der Waals surface area contributed by atoms with Crippen molar-refractivity contribution in [2.75, 3.05) is 32.7 Å². The SMILES string of the molecule is CCC(C)C(N)c1cn(C(CCCCN)C(=O)N2CCNCC2)nn1.[Cl-]. The summed E-state index contributed by atoms with van der Waals surface area (Å²) in [5.74, 6) is 0.441. The van der Waals surface area contributed by atoms with Gasteiger partial charge < -0.3 is 34.1 Å². The number of nitrogens with two attached hydrogens (primary N) is 2. The largest absolute Gasteiger partial charge is 1.00 e. The summed E-state index contributed by atoms with van der Waals surface area (Å²) >= 11 is 0. The maximum atomic E-state index is 13.0. The minimum absolute atomic E-state index is 0. The van der Waals surface area contributed by atoms with Crippen LogP contribution in [0.3, 0.4) is 0 Å². The van der Waals surface area contributed by atoms with E-state index in [0.717, 1.165) is 57.6 Å². The van der Waals surface area contributed by atoms with Crippen molar-refractivity contribution in [2.24, 2.45) is 17.4 Å². The van der Waals surface area contributed by atoms with Gasteiger partial charge in [0.15, 0.2) is 0 Å². The molecule has 0 saturated carbocycles. The molecule has 1 amide bonds. The minimum atomic E-state index is -0.324. The van der Waals surface area contributed by atoms with Gasteiger partial charge in [-0.3, -0.25) is 4.79 Å². The van der Waals surface area contributed by atoms with Gasteiger partial charge in [-0.05, 0) is 31.7 Å². The quantitative estimate of drug-likeness (QED) is 0.402. The molecule has 2 rings (SSSR count). The zero-order valence-corrected chi connectivity index (χ0v) is 16.7. The lowest BCUT2D eigenvalue weighted by Crippen LogP contribution is -3.00. The fourth-order valence-corrected chi connectivity index (χ4v) is 3.09. The minimum Gasteiger partial charge on any atom is -1.00 e. The third kappa shape index (κ3) is 5.90. The van der Waals surface area contributed by atoms with Gasteiger partial charge in [-0.1, -0.05) is 25.5 Å². The van der Waals surface area contributed by atoms with Crippen LogP contribution >= 0.6 is 0 Å². The highest BCUT2D eigenvalue weighted by molar-refractivity contribution is 5.80. The second kappa shape index (κ2) is 11.5. The van der Waals surface area contributed by atoms with E-state index in [1.165, 1.54) is 0 Å². The van der Waals surface area contributed by atoms with Crippen LogP contribution in [0.1, 0.15) is 57.3 Å². The molecule has 26 heavy (non-hydrogen) atoms. The molecule has 3 atom stereocenters. The maximum absolute atomic E-state index is 13.0. The second-order valence-electron chi connectivity index (χ2n) is 6.91. The molecule has 150 valence electrons. The van der Waals surface area contributed by atoms with Gasteiger partial charge in [0.25, 0.3) is 0 Å². The normalized spacial score (nSPS) is 18.1. The Kier molecular flexibility index (Phi) is 10.1. The number of piperazine rings is 1. The van der Waals surface area contributed by atoms with E-state index in [2.05, 4.69) is 29.5 Å². The standard InChI is InChI=1S/C17H33N7O.ClH/c1-3-13(2)16(19)14-12-24(22-21-14)15(6-4-5-7-18)17(25)23-10-8-20-9-11-23;/h12-13,15-16,20H,3-11,18-19H2,1-2H3;1H/p-1. The molecule has 1 fully saturated rings. The summed E-state index contributed by atoms with van der Waals surface area (Å²) in [4.78, 5) is 14.9. The predicted octanol–water partition coefficient (Wildman–Crippen LogP) is -2.57. The molecule has 1 aromatic rings. The highest BCUT2D eigenvalue weighted by atomic mass is 35.5. The van der Waals surface area contributed by atoms with E-state index in [1.807, 2.05) is 11.1 Å². The first-order valence-electron chi connectivity index (χ1n) is 9.45. The summed E-state index contributed by atoms with van der Waals surface area (Å²) in [6, 6.07) is -0.479. The van der Waals surface area contributed by atoms with Crippen molar-refractivity contribution in [1.29, 1.82) is 0 Å². The Morgan fingerprint density at radius 2 is 2.04 bits per heavy atom. The van der Waals surface area contributed by atoms with E-state index >= 15 is 0 Å². The van der Waals surface area contributed by atoms with Gasteiger partial charge in [0.1, 0.15) is 6.04 Å². The van der Waals surface area contributed by atoms with Crippen LogP contribution in [0.15, 0.2) is 6.20 Å². The molecule has 5 N–H and O–H groups in total. The van der Waals surface area contributed by atoms with Crippen LogP contribution in [-0.2, 0) is 4.79 Å². The number of nitrogens with one attached hydrogen (secondary N) is 1. The fraction of sp³-hybridized carbons (Fsp3) is 0.824. The van der Waals surface area contributed by atoms with Crippen molar-refractivity contribution in [3.05, 3.63) is 11.9 Å². The molecule has 1 aliphatic rings. The van der Waals surface area contributed by atoms with Gasteiger partial charge in [0.2, 0.25) is 5.91 Å². The molecule has 1 saturated heterocycles. The summed E-state index contributed by atoms with van der Waals surface area (Å²) in [7, 11) is 0. The molecule has 0 radical (unpaired) electrons. The predicted molar refractivity (Wildman–Crippen MR) is 97.8 cm³/mol. The Labute approximate surface area is 162 Å². The van der Waals surface area contributed by atoms with E-state index in [-0.39, 0.29) is 30.4 Å². The lowest BCUT2D eigenvalue weighted by molar-refractivity contribution is -0.136. The van der Waals surface area contributed by atoms with E-state index in [0.29, 0.717) is 12.5 Å². The first-order chi connectivity index (χ1) is 12.1. The second-order valence-corrected chi connectivity index (χ2v) is 6.91. The summed E-state index contributed by atoms with van der Waals surface area (Å²) in [6.45, 7) is 7.99. The van der Waals surface area contributed by atoms with Gasteiger partial charge in [-0.15, -0.1) is 5.10 Å². The van der Waals surface area contributed by atoms with E-state index in [4.69, 9.17) is 11.5 Å². The molecule has 1 aliphatic heterocycles. The average Bonchev–Trinajstić information content (AvgIpc) is 3.14. The lowest BCUT2D eigenvalue weighted by atomic mass is 9.98. The summed E-state index contributed by atoms with van der Waals surface area (Å²) in [6.07, 6.45) is 5.35. The fourth-order valence-electron chi connectivity index (χ4n) is 3.09. The Bertz CT molecular complexity index is 533. The highest BCUT2D eigenvalue weighted by Crippen LogP contribution is 2.23. The number of halogens is 1. The number of amides is 1. The zero-order valence-electron chi connectivity index (χ0n) is 15.9.